The zero-order valence-electron chi connectivity index (χ0n) is 11.5. The fourth-order valence-electron chi connectivity index (χ4n) is 1.86. The first-order chi connectivity index (χ1) is 9.56. The lowest BCUT2D eigenvalue weighted by Crippen LogP contribution is -2.36. The van der Waals surface area contributed by atoms with Gasteiger partial charge < -0.3 is 10.2 Å². The van der Waals surface area contributed by atoms with E-state index in [9.17, 15) is 4.79 Å². The molecular formula is C15H17ClN2OS. The predicted molar refractivity (Wildman–Crippen MR) is 84.2 cm³/mol. The molecule has 1 aromatic carbocycles. The Morgan fingerprint density at radius 2 is 2.20 bits per heavy atom. The van der Waals surface area contributed by atoms with Gasteiger partial charge >= 0.3 is 6.03 Å². The van der Waals surface area contributed by atoms with Crippen molar-refractivity contribution < 1.29 is 4.79 Å². The molecule has 1 heterocycles. The molecule has 2 amide bonds. The van der Waals surface area contributed by atoms with Crippen molar-refractivity contribution in [2.75, 3.05) is 7.05 Å². The van der Waals surface area contributed by atoms with Crippen LogP contribution in [0.2, 0.25) is 5.02 Å². The Bertz CT molecular complexity index is 597. The number of hydrogen-bond donors (Lipinski definition) is 1. The molecule has 2 rings (SSSR count). The number of nitrogens with zero attached hydrogens (tertiary/aromatic N) is 1. The topological polar surface area (TPSA) is 32.3 Å². The van der Waals surface area contributed by atoms with E-state index in [0.717, 1.165) is 5.56 Å². The quantitative estimate of drug-likeness (QED) is 0.908. The molecule has 0 bridgehead atoms. The summed E-state index contributed by atoms with van der Waals surface area (Å²) < 4.78 is 0. The number of amides is 2. The highest BCUT2D eigenvalue weighted by Gasteiger charge is 2.10. The summed E-state index contributed by atoms with van der Waals surface area (Å²) in [6, 6.07) is 9.51. The number of halogens is 1. The second-order valence-corrected chi connectivity index (χ2v) is 6.11. The Labute approximate surface area is 128 Å². The third kappa shape index (κ3) is 3.99. The normalized spacial score (nSPS) is 10.3. The van der Waals surface area contributed by atoms with Crippen LogP contribution in [0, 0.1) is 6.92 Å². The van der Waals surface area contributed by atoms with Crippen LogP contribution in [0.15, 0.2) is 35.7 Å². The van der Waals surface area contributed by atoms with Gasteiger partial charge in [0.15, 0.2) is 0 Å². The number of urea groups is 1. The summed E-state index contributed by atoms with van der Waals surface area (Å²) in [6.45, 7) is 3.16. The molecular weight excluding hydrogens is 292 g/mol. The van der Waals surface area contributed by atoms with Gasteiger partial charge in [-0.25, -0.2) is 4.79 Å². The molecule has 0 spiro atoms. The molecule has 2 aromatic rings. The molecule has 0 aliphatic heterocycles. The molecule has 0 radical (unpaired) electrons. The van der Waals surface area contributed by atoms with E-state index in [-0.39, 0.29) is 6.03 Å². The minimum absolute atomic E-state index is 0.0854. The lowest BCUT2D eigenvalue weighted by Gasteiger charge is -2.18. The van der Waals surface area contributed by atoms with Crippen LogP contribution >= 0.6 is 22.9 Å². The summed E-state index contributed by atoms with van der Waals surface area (Å²) in [7, 11) is 1.78. The summed E-state index contributed by atoms with van der Waals surface area (Å²) in [5.74, 6) is 0. The Balaban J connectivity index is 1.87. The zero-order chi connectivity index (χ0) is 14.5. The standard InChI is InChI=1S/C15H17ClN2OS/c1-11-6-7-20-14(11)9-17-15(19)18(2)10-12-4-3-5-13(16)8-12/h3-8H,9-10H2,1-2H3,(H,17,19). The first kappa shape index (κ1) is 14.9. The lowest BCUT2D eigenvalue weighted by molar-refractivity contribution is 0.206. The third-order valence-electron chi connectivity index (χ3n) is 3.02. The fourth-order valence-corrected chi connectivity index (χ4v) is 2.92. The largest absolute Gasteiger partial charge is 0.333 e. The van der Waals surface area contributed by atoms with E-state index in [1.54, 1.807) is 23.3 Å². The van der Waals surface area contributed by atoms with Crippen molar-refractivity contribution >= 4 is 29.0 Å². The van der Waals surface area contributed by atoms with Crippen molar-refractivity contribution in [3.8, 4) is 0 Å². The molecule has 106 valence electrons. The van der Waals surface area contributed by atoms with E-state index >= 15 is 0 Å². The fraction of sp³-hybridized carbons (Fsp3) is 0.267. The first-order valence-electron chi connectivity index (χ1n) is 6.32. The summed E-state index contributed by atoms with van der Waals surface area (Å²) in [4.78, 5) is 14.9. The van der Waals surface area contributed by atoms with Crippen LogP contribution < -0.4 is 5.32 Å². The first-order valence-corrected chi connectivity index (χ1v) is 7.58. The highest BCUT2D eigenvalue weighted by molar-refractivity contribution is 7.10. The van der Waals surface area contributed by atoms with Crippen LogP contribution in [0.4, 0.5) is 4.79 Å². The summed E-state index contributed by atoms with van der Waals surface area (Å²) in [6.07, 6.45) is 0. The number of nitrogens with one attached hydrogen (secondary N) is 1. The number of aryl methyl sites for hydroxylation is 1. The molecule has 0 saturated carbocycles. The molecule has 0 fully saturated rings. The van der Waals surface area contributed by atoms with Crippen molar-refractivity contribution in [1.29, 1.82) is 0 Å². The van der Waals surface area contributed by atoms with Crippen LogP contribution in [0.25, 0.3) is 0 Å². The van der Waals surface area contributed by atoms with Gasteiger partial charge in [-0.3, -0.25) is 0 Å². The maximum Gasteiger partial charge on any atom is 0.317 e. The molecule has 3 nitrogen and oxygen atoms in total. The maximum absolute atomic E-state index is 12.0. The predicted octanol–water partition coefficient (Wildman–Crippen LogP) is 4.05. The number of thiophene rings is 1. The second kappa shape index (κ2) is 6.77. The Kier molecular flexibility index (Phi) is 5.04. The van der Waals surface area contributed by atoms with E-state index in [4.69, 9.17) is 11.6 Å². The van der Waals surface area contributed by atoms with Crippen molar-refractivity contribution in [1.82, 2.24) is 10.2 Å². The van der Waals surface area contributed by atoms with Gasteiger partial charge in [0.05, 0.1) is 6.54 Å². The SMILES string of the molecule is Cc1ccsc1CNC(=O)N(C)Cc1cccc(Cl)c1. The van der Waals surface area contributed by atoms with Gasteiger partial charge in [0.25, 0.3) is 0 Å². The van der Waals surface area contributed by atoms with Gasteiger partial charge in [0.2, 0.25) is 0 Å². The van der Waals surface area contributed by atoms with Gasteiger partial charge in [-0.1, -0.05) is 23.7 Å². The zero-order valence-corrected chi connectivity index (χ0v) is 13.1. The average Bonchev–Trinajstić information content (AvgIpc) is 2.81. The number of benzene rings is 1. The van der Waals surface area contributed by atoms with Crippen LogP contribution in [0.3, 0.4) is 0 Å². The smallest absolute Gasteiger partial charge is 0.317 e. The number of carbonyl (C=O) groups excluding carboxylic acids is 1. The van der Waals surface area contributed by atoms with Crippen molar-refractivity contribution in [2.45, 2.75) is 20.0 Å². The van der Waals surface area contributed by atoms with E-state index in [1.807, 2.05) is 36.6 Å². The van der Waals surface area contributed by atoms with Crippen LogP contribution in [0.1, 0.15) is 16.0 Å². The minimum atomic E-state index is -0.0854. The van der Waals surface area contributed by atoms with E-state index in [0.29, 0.717) is 18.1 Å². The average molecular weight is 309 g/mol. The molecule has 5 heteroatoms. The van der Waals surface area contributed by atoms with E-state index in [2.05, 4.69) is 11.4 Å². The second-order valence-electron chi connectivity index (χ2n) is 4.67. The van der Waals surface area contributed by atoms with E-state index in [1.165, 1.54) is 10.4 Å². The van der Waals surface area contributed by atoms with E-state index < -0.39 is 0 Å². The summed E-state index contributed by atoms with van der Waals surface area (Å²) in [5.41, 5.74) is 2.23. The molecule has 0 aliphatic carbocycles. The molecule has 0 unspecified atom stereocenters. The maximum atomic E-state index is 12.0. The third-order valence-corrected chi connectivity index (χ3v) is 4.28. The van der Waals surface area contributed by atoms with Gasteiger partial charge in [-0.2, -0.15) is 0 Å². The van der Waals surface area contributed by atoms with Crippen LogP contribution in [0.5, 0.6) is 0 Å². The molecule has 1 aromatic heterocycles. The Hall–Kier alpha value is -1.52. The Morgan fingerprint density at radius 3 is 2.85 bits per heavy atom. The van der Waals surface area contributed by atoms with Crippen LogP contribution in [-0.4, -0.2) is 18.0 Å². The minimum Gasteiger partial charge on any atom is -0.333 e. The molecule has 20 heavy (non-hydrogen) atoms. The van der Waals surface area contributed by atoms with Crippen molar-refractivity contribution in [3.63, 3.8) is 0 Å². The molecule has 0 atom stereocenters. The summed E-state index contributed by atoms with van der Waals surface area (Å²) in [5, 5.41) is 5.64. The Morgan fingerprint density at radius 1 is 1.40 bits per heavy atom. The van der Waals surface area contributed by atoms with Crippen LogP contribution in [-0.2, 0) is 13.1 Å². The number of carbonyl (C=O) groups is 1. The van der Waals surface area contributed by atoms with Crippen molar-refractivity contribution in [2.24, 2.45) is 0 Å². The highest BCUT2D eigenvalue weighted by Crippen LogP contribution is 2.15. The van der Waals surface area contributed by atoms with Gasteiger partial charge in [-0.05, 0) is 41.6 Å². The van der Waals surface area contributed by atoms with Crippen molar-refractivity contribution in [3.05, 3.63) is 56.7 Å². The molecule has 0 aliphatic rings. The number of hydrogen-bond acceptors (Lipinski definition) is 2. The lowest BCUT2D eigenvalue weighted by atomic mass is 10.2. The summed E-state index contributed by atoms with van der Waals surface area (Å²) >= 11 is 7.59. The van der Waals surface area contributed by atoms with Gasteiger partial charge in [0, 0.05) is 23.5 Å². The number of rotatable bonds is 4. The van der Waals surface area contributed by atoms with Gasteiger partial charge in [-0.15, -0.1) is 11.3 Å². The highest BCUT2D eigenvalue weighted by atomic mass is 35.5. The van der Waals surface area contributed by atoms with Gasteiger partial charge in [0.1, 0.15) is 0 Å². The molecule has 1 N–H and O–H groups in total. The monoisotopic (exact) mass is 308 g/mol. The molecule has 0 saturated heterocycles.